The van der Waals surface area contributed by atoms with E-state index in [-0.39, 0.29) is 12.4 Å². The fourth-order valence-corrected chi connectivity index (χ4v) is 7.27. The van der Waals surface area contributed by atoms with Crippen molar-refractivity contribution in [3.8, 4) is 0 Å². The summed E-state index contributed by atoms with van der Waals surface area (Å²) in [4.78, 5) is 12.7. The van der Waals surface area contributed by atoms with E-state index in [0.29, 0.717) is 17.6 Å². The fourth-order valence-electron chi connectivity index (χ4n) is 7.27. The quantitative estimate of drug-likeness (QED) is 0.384. The second kappa shape index (κ2) is 9.04. The van der Waals surface area contributed by atoms with Crippen LogP contribution in [0.2, 0.25) is 0 Å². The van der Waals surface area contributed by atoms with Crippen molar-refractivity contribution in [2.75, 3.05) is 13.1 Å². The Labute approximate surface area is 187 Å². The van der Waals surface area contributed by atoms with Gasteiger partial charge in [-0.3, -0.25) is 4.79 Å². The van der Waals surface area contributed by atoms with E-state index < -0.39 is 0 Å². The summed E-state index contributed by atoms with van der Waals surface area (Å²) in [7, 11) is 2.02. The standard InChI is InChI=1S/C26H36N2O.ClH/c1-28-17-23(22-7-4-5-8-24(22)28)25(29)9-3-2-6-10-27-18-26-14-19-11-20(15-26)13-21(12-19)16-26;/h4-5,7-8,17,19-21,27H,2-3,6,9-16,18H2,1H3;1H. The van der Waals surface area contributed by atoms with E-state index in [4.69, 9.17) is 0 Å². The molecule has 2 aromatic rings. The molecular formula is C26H37ClN2O. The predicted molar refractivity (Wildman–Crippen MR) is 126 cm³/mol. The Morgan fingerprint density at radius 2 is 1.70 bits per heavy atom. The number of aryl methyl sites for hydroxylation is 1. The molecule has 3 nitrogen and oxygen atoms in total. The molecule has 0 atom stereocenters. The molecular weight excluding hydrogens is 392 g/mol. The van der Waals surface area contributed by atoms with Crippen LogP contribution in [0.1, 0.15) is 74.6 Å². The van der Waals surface area contributed by atoms with Gasteiger partial charge in [-0.15, -0.1) is 12.4 Å². The minimum Gasteiger partial charge on any atom is -0.350 e. The van der Waals surface area contributed by atoms with Crippen LogP contribution >= 0.6 is 12.4 Å². The molecule has 4 saturated carbocycles. The van der Waals surface area contributed by atoms with E-state index in [1.165, 1.54) is 51.5 Å². The Morgan fingerprint density at radius 3 is 2.40 bits per heavy atom. The van der Waals surface area contributed by atoms with Crippen molar-refractivity contribution >= 4 is 29.1 Å². The molecule has 0 aliphatic heterocycles. The number of nitrogens with zero attached hydrogens (tertiary/aromatic N) is 1. The number of fused-ring (bicyclic) bond motifs is 1. The van der Waals surface area contributed by atoms with Gasteiger partial charge in [0.2, 0.25) is 0 Å². The number of unbranched alkanes of at least 4 members (excludes halogenated alkanes) is 2. The molecule has 1 aromatic carbocycles. The Bertz CT molecular complexity index is 851. The molecule has 4 aliphatic rings. The summed E-state index contributed by atoms with van der Waals surface area (Å²) in [5, 5.41) is 4.90. The number of ketones is 1. The summed E-state index contributed by atoms with van der Waals surface area (Å²) in [6.07, 6.45) is 15.1. The van der Waals surface area contributed by atoms with Gasteiger partial charge in [0.15, 0.2) is 5.78 Å². The summed E-state index contributed by atoms with van der Waals surface area (Å²) in [6.45, 7) is 2.36. The van der Waals surface area contributed by atoms with Crippen LogP contribution in [-0.2, 0) is 7.05 Å². The van der Waals surface area contributed by atoms with Crippen molar-refractivity contribution in [3.05, 3.63) is 36.0 Å². The third kappa shape index (κ3) is 4.34. The Morgan fingerprint density at radius 1 is 1.03 bits per heavy atom. The number of carbonyl (C=O) groups is 1. The van der Waals surface area contributed by atoms with Gasteiger partial charge in [0.1, 0.15) is 0 Å². The van der Waals surface area contributed by atoms with Gasteiger partial charge in [0.25, 0.3) is 0 Å². The van der Waals surface area contributed by atoms with Crippen LogP contribution < -0.4 is 5.32 Å². The first-order valence-electron chi connectivity index (χ1n) is 11.9. The zero-order valence-electron chi connectivity index (χ0n) is 18.4. The van der Waals surface area contributed by atoms with Crippen LogP contribution in [0.5, 0.6) is 0 Å². The topological polar surface area (TPSA) is 34.0 Å². The van der Waals surface area contributed by atoms with Crippen LogP contribution in [0.25, 0.3) is 10.9 Å². The van der Waals surface area contributed by atoms with Gasteiger partial charge in [-0.05, 0) is 87.1 Å². The molecule has 4 fully saturated rings. The minimum absolute atomic E-state index is 0. The molecule has 0 radical (unpaired) electrons. The predicted octanol–water partition coefficient (Wildman–Crippen LogP) is 6.15. The maximum atomic E-state index is 12.7. The number of hydrogen-bond donors (Lipinski definition) is 1. The van der Waals surface area contributed by atoms with E-state index in [1.54, 1.807) is 0 Å². The number of rotatable bonds is 9. The second-order valence-corrected chi connectivity index (χ2v) is 10.5. The third-order valence-corrected chi connectivity index (χ3v) is 8.12. The van der Waals surface area contributed by atoms with Gasteiger partial charge in [-0.1, -0.05) is 24.6 Å². The molecule has 30 heavy (non-hydrogen) atoms. The number of aromatic nitrogens is 1. The first kappa shape index (κ1) is 21.9. The molecule has 4 heteroatoms. The minimum atomic E-state index is 0. The smallest absolute Gasteiger partial charge is 0.165 e. The van der Waals surface area contributed by atoms with Crippen LogP contribution in [0.15, 0.2) is 30.5 Å². The zero-order chi connectivity index (χ0) is 19.8. The molecule has 1 heterocycles. The lowest BCUT2D eigenvalue weighted by atomic mass is 9.49. The van der Waals surface area contributed by atoms with E-state index in [9.17, 15) is 4.79 Å². The first-order valence-corrected chi connectivity index (χ1v) is 11.9. The Kier molecular flexibility index (Phi) is 6.60. The molecule has 6 rings (SSSR count). The number of Topliss-reactive ketones (excluding diaryl/α,β-unsaturated/α-hetero) is 1. The maximum absolute atomic E-state index is 12.7. The van der Waals surface area contributed by atoms with Gasteiger partial charge < -0.3 is 9.88 Å². The molecule has 0 unspecified atom stereocenters. The summed E-state index contributed by atoms with van der Waals surface area (Å²) >= 11 is 0. The van der Waals surface area contributed by atoms with Crippen molar-refractivity contribution in [1.29, 1.82) is 0 Å². The van der Waals surface area contributed by atoms with Crippen molar-refractivity contribution < 1.29 is 4.79 Å². The lowest BCUT2D eigenvalue weighted by Gasteiger charge is -2.57. The second-order valence-electron chi connectivity index (χ2n) is 10.5. The van der Waals surface area contributed by atoms with Gasteiger partial charge in [-0.25, -0.2) is 0 Å². The molecule has 164 valence electrons. The van der Waals surface area contributed by atoms with Gasteiger partial charge >= 0.3 is 0 Å². The summed E-state index contributed by atoms with van der Waals surface area (Å²) < 4.78 is 2.07. The first-order chi connectivity index (χ1) is 14.1. The van der Waals surface area contributed by atoms with E-state index >= 15 is 0 Å². The third-order valence-electron chi connectivity index (χ3n) is 8.12. The average molecular weight is 429 g/mol. The van der Waals surface area contributed by atoms with Crippen LogP contribution in [-0.4, -0.2) is 23.4 Å². The number of para-hydroxylation sites is 1. The zero-order valence-corrected chi connectivity index (χ0v) is 19.2. The molecule has 1 N–H and O–H groups in total. The molecule has 0 amide bonds. The van der Waals surface area contributed by atoms with E-state index in [1.807, 2.05) is 25.4 Å². The van der Waals surface area contributed by atoms with E-state index in [0.717, 1.165) is 53.6 Å². The van der Waals surface area contributed by atoms with Gasteiger partial charge in [-0.2, -0.15) is 0 Å². The summed E-state index contributed by atoms with van der Waals surface area (Å²) in [6, 6.07) is 8.21. The van der Waals surface area contributed by atoms with Crippen LogP contribution in [0.4, 0.5) is 0 Å². The summed E-state index contributed by atoms with van der Waals surface area (Å²) in [5.74, 6) is 3.43. The lowest BCUT2D eigenvalue weighted by Crippen LogP contribution is -2.50. The van der Waals surface area contributed by atoms with Gasteiger partial charge in [0.05, 0.1) is 0 Å². The highest BCUT2D eigenvalue weighted by atomic mass is 35.5. The molecule has 1 aromatic heterocycles. The largest absolute Gasteiger partial charge is 0.350 e. The van der Waals surface area contributed by atoms with Crippen molar-refractivity contribution in [2.45, 2.75) is 64.2 Å². The van der Waals surface area contributed by atoms with Crippen LogP contribution in [0, 0.1) is 23.2 Å². The highest BCUT2D eigenvalue weighted by molar-refractivity contribution is 6.08. The highest BCUT2D eigenvalue weighted by Gasteiger charge is 2.50. The average Bonchev–Trinajstić information content (AvgIpc) is 3.03. The van der Waals surface area contributed by atoms with Crippen molar-refractivity contribution in [2.24, 2.45) is 30.2 Å². The molecule has 4 bridgehead atoms. The molecule has 4 aliphatic carbocycles. The Balaban J connectivity index is 0.00000218. The number of carbonyl (C=O) groups excluding carboxylic acids is 1. The van der Waals surface area contributed by atoms with Gasteiger partial charge in [0, 0.05) is 42.7 Å². The van der Waals surface area contributed by atoms with Crippen LogP contribution in [0.3, 0.4) is 0 Å². The number of nitrogens with one attached hydrogen (secondary N) is 1. The summed E-state index contributed by atoms with van der Waals surface area (Å²) in [5.41, 5.74) is 2.67. The normalized spacial score (nSPS) is 29.3. The highest BCUT2D eigenvalue weighted by Crippen LogP contribution is 2.59. The number of benzene rings is 1. The number of hydrogen-bond acceptors (Lipinski definition) is 2. The molecule has 0 saturated heterocycles. The molecule has 0 spiro atoms. The number of halogens is 1. The monoisotopic (exact) mass is 428 g/mol. The maximum Gasteiger partial charge on any atom is 0.165 e. The fraction of sp³-hybridized carbons (Fsp3) is 0.654. The van der Waals surface area contributed by atoms with Crippen molar-refractivity contribution in [3.63, 3.8) is 0 Å². The Hall–Kier alpha value is -1.32. The lowest BCUT2D eigenvalue weighted by molar-refractivity contribution is -0.0512. The SMILES string of the molecule is Cl.Cn1cc(C(=O)CCCCCNCC23CC4CC(CC(C4)C2)C3)c2ccccc21. The van der Waals surface area contributed by atoms with E-state index in [2.05, 4.69) is 22.0 Å². The van der Waals surface area contributed by atoms with Crippen molar-refractivity contribution in [1.82, 2.24) is 9.88 Å².